The van der Waals surface area contributed by atoms with Gasteiger partial charge in [-0.1, -0.05) is 17.7 Å². The van der Waals surface area contributed by atoms with Crippen molar-refractivity contribution < 1.29 is 9.53 Å². The van der Waals surface area contributed by atoms with Crippen molar-refractivity contribution in [1.29, 1.82) is 0 Å². The van der Waals surface area contributed by atoms with Crippen LogP contribution in [0.3, 0.4) is 0 Å². The van der Waals surface area contributed by atoms with Gasteiger partial charge < -0.3 is 16.2 Å². The summed E-state index contributed by atoms with van der Waals surface area (Å²) < 4.78 is 5.14. The Labute approximate surface area is 132 Å². The van der Waals surface area contributed by atoms with Crippen LogP contribution in [0.4, 0.5) is 11.4 Å². The van der Waals surface area contributed by atoms with Gasteiger partial charge in [-0.25, -0.2) is 4.98 Å². The number of nitrogens with two attached hydrogens (primary N) is 2. The molecule has 5 nitrogen and oxygen atoms in total. The Bertz CT molecular complexity index is 761. The number of aromatic nitrogens is 1. The number of methoxy groups -OCH3 is 1. The Balaban J connectivity index is 0.000000188. The summed E-state index contributed by atoms with van der Waals surface area (Å²) in [5.74, 6) is 0.650. The molecule has 0 atom stereocenters. The Morgan fingerprint density at radius 3 is 2.41 bits per heavy atom. The number of carbonyl (C=O) groups excluding carboxylic acids is 1. The number of carbonyl (C=O) groups is 1. The fourth-order valence-corrected chi connectivity index (χ4v) is 2.75. The molecule has 0 bridgehead atoms. The van der Waals surface area contributed by atoms with Crippen LogP contribution in [-0.4, -0.2) is 18.4 Å². The van der Waals surface area contributed by atoms with Gasteiger partial charge in [0.25, 0.3) is 0 Å². The van der Waals surface area contributed by atoms with Gasteiger partial charge >= 0.3 is 0 Å². The van der Waals surface area contributed by atoms with Crippen molar-refractivity contribution >= 4 is 39.2 Å². The molecule has 3 rings (SSSR count). The molecule has 6 heteroatoms. The Hall–Kier alpha value is -2.60. The third kappa shape index (κ3) is 3.35. The quantitative estimate of drug-likeness (QED) is 0.559. The average molecular weight is 315 g/mol. The first-order valence-corrected chi connectivity index (χ1v) is 7.36. The lowest BCUT2D eigenvalue weighted by Gasteiger charge is -2.00. The smallest absolute Gasteiger partial charge is 0.162 e. The molecule has 0 saturated heterocycles. The van der Waals surface area contributed by atoms with Crippen molar-refractivity contribution in [3.63, 3.8) is 0 Å². The summed E-state index contributed by atoms with van der Waals surface area (Å²) in [5.41, 5.74) is 13.7. The van der Waals surface area contributed by atoms with Crippen molar-refractivity contribution in [3.05, 3.63) is 47.0 Å². The van der Waals surface area contributed by atoms with Crippen LogP contribution in [0.2, 0.25) is 0 Å². The van der Waals surface area contributed by atoms with Crippen molar-refractivity contribution in [2.45, 2.75) is 6.92 Å². The van der Waals surface area contributed by atoms with Crippen LogP contribution in [0.1, 0.15) is 15.2 Å². The maximum atomic E-state index is 10.7. The first kappa shape index (κ1) is 15.8. The van der Waals surface area contributed by atoms with Crippen LogP contribution in [0.25, 0.3) is 10.2 Å². The lowest BCUT2D eigenvalue weighted by Crippen LogP contribution is -1.90. The molecule has 2 aromatic heterocycles. The van der Waals surface area contributed by atoms with Gasteiger partial charge in [0.15, 0.2) is 6.29 Å². The zero-order chi connectivity index (χ0) is 16.1. The Kier molecular flexibility index (Phi) is 4.95. The molecular weight excluding hydrogens is 298 g/mol. The minimum Gasteiger partial charge on any atom is -0.496 e. The minimum atomic E-state index is 0.449. The second kappa shape index (κ2) is 6.91. The van der Waals surface area contributed by atoms with Gasteiger partial charge in [0.1, 0.15) is 10.6 Å². The van der Waals surface area contributed by atoms with Gasteiger partial charge in [0.05, 0.1) is 23.1 Å². The molecule has 3 aromatic rings. The monoisotopic (exact) mass is 315 g/mol. The topological polar surface area (TPSA) is 91.2 Å². The van der Waals surface area contributed by atoms with Crippen molar-refractivity contribution in [1.82, 2.24) is 4.98 Å². The van der Waals surface area contributed by atoms with Gasteiger partial charge in [-0.15, -0.1) is 11.3 Å². The predicted octanol–water partition coefficient (Wildman–Crippen LogP) is 3.28. The number of fused-ring (bicyclic) bond motifs is 1. The maximum Gasteiger partial charge on any atom is 0.162 e. The number of pyridine rings is 1. The molecule has 0 aliphatic carbocycles. The highest BCUT2D eigenvalue weighted by atomic mass is 32.1. The molecule has 0 aliphatic rings. The fraction of sp³-hybridized carbons (Fsp3) is 0.125. The van der Waals surface area contributed by atoms with Crippen LogP contribution in [-0.2, 0) is 0 Å². The standard InChI is InChI=1S/C9H8N2O2S.C7H9N/c1-13-5-2-3-11-9-7(5)8(10)6(4-12)14-9;1-6-2-4-7(8)5-3-6/h2-4H,10H2,1H3;2-5H,8H2,1H3. The maximum absolute atomic E-state index is 10.7. The largest absolute Gasteiger partial charge is 0.496 e. The normalized spacial score (nSPS) is 9.91. The molecule has 2 heterocycles. The number of aryl methyl sites for hydroxylation is 1. The number of thiophene rings is 1. The van der Waals surface area contributed by atoms with E-state index in [4.69, 9.17) is 16.2 Å². The molecule has 0 unspecified atom stereocenters. The number of anilines is 2. The van der Waals surface area contributed by atoms with Crippen LogP contribution in [0.15, 0.2) is 36.5 Å². The summed E-state index contributed by atoms with van der Waals surface area (Å²) in [6.45, 7) is 2.04. The molecule has 1 aromatic carbocycles. The summed E-state index contributed by atoms with van der Waals surface area (Å²) in [6.07, 6.45) is 2.37. The molecule has 114 valence electrons. The van der Waals surface area contributed by atoms with E-state index < -0.39 is 0 Å². The second-order valence-corrected chi connectivity index (χ2v) is 5.63. The molecule has 0 spiro atoms. The summed E-state index contributed by atoms with van der Waals surface area (Å²) in [7, 11) is 1.56. The number of aldehydes is 1. The predicted molar refractivity (Wildman–Crippen MR) is 91.6 cm³/mol. The van der Waals surface area contributed by atoms with E-state index in [1.807, 2.05) is 31.2 Å². The molecule has 0 fully saturated rings. The molecule has 0 saturated carbocycles. The van der Waals surface area contributed by atoms with E-state index in [0.717, 1.165) is 22.2 Å². The Morgan fingerprint density at radius 1 is 1.18 bits per heavy atom. The third-order valence-electron chi connectivity index (χ3n) is 3.02. The van der Waals surface area contributed by atoms with Gasteiger partial charge in [-0.2, -0.15) is 0 Å². The van der Waals surface area contributed by atoms with E-state index in [2.05, 4.69) is 4.98 Å². The van der Waals surface area contributed by atoms with E-state index in [1.165, 1.54) is 16.9 Å². The number of benzene rings is 1. The van der Waals surface area contributed by atoms with Crippen LogP contribution in [0.5, 0.6) is 5.75 Å². The van der Waals surface area contributed by atoms with E-state index in [-0.39, 0.29) is 0 Å². The molecule has 22 heavy (non-hydrogen) atoms. The highest BCUT2D eigenvalue weighted by Gasteiger charge is 2.13. The van der Waals surface area contributed by atoms with Crippen molar-refractivity contribution in [2.75, 3.05) is 18.6 Å². The van der Waals surface area contributed by atoms with E-state index >= 15 is 0 Å². The highest BCUT2D eigenvalue weighted by Crippen LogP contribution is 2.36. The van der Waals surface area contributed by atoms with E-state index in [9.17, 15) is 4.79 Å². The third-order valence-corrected chi connectivity index (χ3v) is 4.06. The molecule has 0 radical (unpaired) electrons. The summed E-state index contributed by atoms with van der Waals surface area (Å²) in [4.78, 5) is 16.0. The number of hydrogen-bond donors (Lipinski definition) is 2. The summed E-state index contributed by atoms with van der Waals surface area (Å²) >= 11 is 1.27. The van der Waals surface area contributed by atoms with Gasteiger partial charge in [-0.05, 0) is 25.1 Å². The molecule has 0 amide bonds. The number of nitrogen functional groups attached to an aromatic ring is 2. The van der Waals surface area contributed by atoms with E-state index in [1.54, 1.807) is 19.4 Å². The van der Waals surface area contributed by atoms with Crippen LogP contribution >= 0.6 is 11.3 Å². The minimum absolute atomic E-state index is 0.449. The zero-order valence-electron chi connectivity index (χ0n) is 12.4. The van der Waals surface area contributed by atoms with E-state index in [0.29, 0.717) is 16.3 Å². The summed E-state index contributed by atoms with van der Waals surface area (Å²) in [6, 6.07) is 9.51. The summed E-state index contributed by atoms with van der Waals surface area (Å²) in [5, 5.41) is 0.724. The Morgan fingerprint density at radius 2 is 1.86 bits per heavy atom. The second-order valence-electron chi connectivity index (χ2n) is 4.60. The van der Waals surface area contributed by atoms with Crippen LogP contribution in [0, 0.1) is 6.92 Å². The molecule has 0 aliphatic heterocycles. The number of nitrogens with zero attached hydrogens (tertiary/aromatic N) is 1. The van der Waals surface area contributed by atoms with Gasteiger partial charge in [0, 0.05) is 11.9 Å². The lowest BCUT2D eigenvalue weighted by atomic mass is 10.2. The van der Waals surface area contributed by atoms with Gasteiger partial charge in [0.2, 0.25) is 0 Å². The number of ether oxygens (including phenoxy) is 1. The molecule has 4 N–H and O–H groups in total. The first-order chi connectivity index (χ1) is 10.6. The number of hydrogen-bond acceptors (Lipinski definition) is 6. The highest BCUT2D eigenvalue weighted by molar-refractivity contribution is 7.20. The number of rotatable bonds is 2. The average Bonchev–Trinajstić information content (AvgIpc) is 2.87. The zero-order valence-corrected chi connectivity index (χ0v) is 13.2. The SMILES string of the molecule is COc1ccnc2sc(C=O)c(N)c12.Cc1ccc(N)cc1. The molecular formula is C16H17N3O2S. The first-order valence-electron chi connectivity index (χ1n) is 6.55. The lowest BCUT2D eigenvalue weighted by molar-refractivity contribution is 0.112. The van der Waals surface area contributed by atoms with Crippen LogP contribution < -0.4 is 16.2 Å². The fourth-order valence-electron chi connectivity index (χ4n) is 1.86. The van der Waals surface area contributed by atoms with Gasteiger partial charge in [-0.3, -0.25) is 4.79 Å². The van der Waals surface area contributed by atoms with Crippen molar-refractivity contribution in [3.8, 4) is 5.75 Å². The van der Waals surface area contributed by atoms with Crippen molar-refractivity contribution in [2.24, 2.45) is 0 Å².